The van der Waals surface area contributed by atoms with E-state index in [0.29, 0.717) is 29.7 Å². The summed E-state index contributed by atoms with van der Waals surface area (Å²) < 4.78 is 7.53. The molecule has 2 aromatic rings. The van der Waals surface area contributed by atoms with E-state index in [1.54, 1.807) is 12.1 Å². The predicted octanol–water partition coefficient (Wildman–Crippen LogP) is 4.34. The van der Waals surface area contributed by atoms with Crippen molar-refractivity contribution in [2.75, 3.05) is 18.6 Å². The number of anilines is 1. The summed E-state index contributed by atoms with van der Waals surface area (Å²) in [5.41, 5.74) is -0.414. The van der Waals surface area contributed by atoms with E-state index >= 15 is 0 Å². The molecule has 1 amide bonds. The lowest BCUT2D eigenvalue weighted by molar-refractivity contribution is 0.202. The molecule has 0 fully saturated rings. The van der Waals surface area contributed by atoms with Crippen LogP contribution in [0.2, 0.25) is 0 Å². The smallest absolute Gasteiger partial charge is 0.412 e. The highest BCUT2D eigenvalue weighted by atomic mass is 16.5. The van der Waals surface area contributed by atoms with Crippen molar-refractivity contribution in [1.82, 2.24) is 4.57 Å². The van der Waals surface area contributed by atoms with Crippen LogP contribution in [0.25, 0.3) is 10.8 Å². The first-order valence-electron chi connectivity index (χ1n) is 8.92. The van der Waals surface area contributed by atoms with Gasteiger partial charge in [0.2, 0.25) is 0 Å². The highest BCUT2D eigenvalue weighted by molar-refractivity contribution is 5.96. The Bertz CT molecular complexity index is 849. The van der Waals surface area contributed by atoms with Crippen molar-refractivity contribution in [1.29, 1.82) is 0 Å². The Morgan fingerprint density at radius 3 is 2.38 bits per heavy atom. The van der Waals surface area contributed by atoms with Gasteiger partial charge in [0, 0.05) is 19.0 Å². The number of hydrogen-bond acceptors (Lipinski definition) is 3. The Kier molecular flexibility index (Phi) is 5.95. The first-order chi connectivity index (χ1) is 12.2. The van der Waals surface area contributed by atoms with Gasteiger partial charge in [-0.05, 0) is 17.9 Å². The zero-order valence-electron chi connectivity index (χ0n) is 16.2. The molecule has 0 bridgehead atoms. The second-order valence-corrected chi connectivity index (χ2v) is 7.69. The number of pyridine rings is 1. The van der Waals surface area contributed by atoms with Gasteiger partial charge in [0.05, 0.1) is 12.0 Å². The molecule has 0 saturated carbocycles. The number of fused-ring (bicyclic) bond motifs is 1. The van der Waals surface area contributed by atoms with Gasteiger partial charge in [-0.1, -0.05) is 52.3 Å². The molecular formula is C20H28N2O4. The Labute approximate surface area is 154 Å². The second kappa shape index (κ2) is 7.81. The monoisotopic (exact) mass is 360 g/mol. The lowest BCUT2D eigenvalue weighted by Crippen LogP contribution is -2.35. The van der Waals surface area contributed by atoms with Crippen LogP contribution in [0.3, 0.4) is 0 Å². The quantitative estimate of drug-likeness (QED) is 0.778. The van der Waals surface area contributed by atoms with E-state index in [2.05, 4.69) is 6.92 Å². The second-order valence-electron chi connectivity index (χ2n) is 7.69. The molecule has 0 radical (unpaired) electrons. The minimum atomic E-state index is -1.14. The average molecular weight is 360 g/mol. The predicted molar refractivity (Wildman–Crippen MR) is 104 cm³/mol. The van der Waals surface area contributed by atoms with Gasteiger partial charge in [-0.15, -0.1) is 0 Å². The molecular weight excluding hydrogens is 332 g/mol. The highest BCUT2D eigenvalue weighted by Crippen LogP contribution is 2.35. The summed E-state index contributed by atoms with van der Waals surface area (Å²) >= 11 is 0. The number of ether oxygens (including phenoxy) is 1. The molecule has 0 aliphatic heterocycles. The Hall–Kier alpha value is -2.50. The Morgan fingerprint density at radius 1 is 1.23 bits per heavy atom. The SMILES string of the molecule is CCCCOc1c(N(C)C(=O)O)n(CC(C)(C)C)c(=O)c2ccccc12. The molecule has 1 N–H and O–H groups in total. The fourth-order valence-corrected chi connectivity index (χ4v) is 2.86. The zero-order valence-corrected chi connectivity index (χ0v) is 16.2. The van der Waals surface area contributed by atoms with E-state index < -0.39 is 6.09 Å². The zero-order chi connectivity index (χ0) is 19.5. The van der Waals surface area contributed by atoms with Crippen LogP contribution in [-0.2, 0) is 6.54 Å². The number of aromatic nitrogens is 1. The van der Waals surface area contributed by atoms with E-state index in [1.807, 2.05) is 32.9 Å². The molecule has 1 aromatic heterocycles. The topological polar surface area (TPSA) is 71.8 Å². The van der Waals surface area contributed by atoms with E-state index in [9.17, 15) is 14.7 Å². The van der Waals surface area contributed by atoms with Crippen LogP contribution in [0.15, 0.2) is 29.1 Å². The Morgan fingerprint density at radius 2 is 1.85 bits per heavy atom. The minimum absolute atomic E-state index is 0.207. The van der Waals surface area contributed by atoms with Crippen LogP contribution in [0, 0.1) is 5.41 Å². The first-order valence-corrected chi connectivity index (χ1v) is 8.92. The van der Waals surface area contributed by atoms with E-state index in [0.717, 1.165) is 17.7 Å². The molecule has 1 aromatic carbocycles. The summed E-state index contributed by atoms with van der Waals surface area (Å²) in [6.07, 6.45) is 0.676. The van der Waals surface area contributed by atoms with Crippen molar-refractivity contribution >= 4 is 22.7 Å². The molecule has 6 nitrogen and oxygen atoms in total. The third kappa shape index (κ3) is 4.18. The lowest BCUT2D eigenvalue weighted by Gasteiger charge is -2.28. The molecule has 1 heterocycles. The largest absolute Gasteiger partial charge is 0.489 e. The fourth-order valence-electron chi connectivity index (χ4n) is 2.86. The molecule has 2 rings (SSSR count). The third-order valence-electron chi connectivity index (χ3n) is 4.09. The van der Waals surface area contributed by atoms with E-state index in [-0.39, 0.29) is 16.8 Å². The standard InChI is InChI=1S/C20H28N2O4/c1-6-7-12-26-16-14-10-8-9-11-15(14)18(23)22(13-20(2,3)4)17(16)21(5)19(24)25/h8-11H,6-7,12-13H2,1-5H3,(H,24,25). The number of amides is 1. The summed E-state index contributed by atoms with van der Waals surface area (Å²) in [6, 6.07) is 7.20. The molecule has 0 unspecified atom stereocenters. The van der Waals surface area contributed by atoms with Crippen molar-refractivity contribution in [3.05, 3.63) is 34.6 Å². The van der Waals surface area contributed by atoms with Crippen LogP contribution in [-0.4, -0.2) is 29.4 Å². The van der Waals surface area contributed by atoms with Crippen LogP contribution >= 0.6 is 0 Å². The van der Waals surface area contributed by atoms with Gasteiger partial charge < -0.3 is 9.84 Å². The maximum absolute atomic E-state index is 13.1. The van der Waals surface area contributed by atoms with Gasteiger partial charge in [-0.3, -0.25) is 14.3 Å². The number of benzene rings is 1. The van der Waals surface area contributed by atoms with Crippen molar-refractivity contribution in [2.45, 2.75) is 47.1 Å². The minimum Gasteiger partial charge on any atom is -0.489 e. The number of unbranched alkanes of at least 4 members (excludes halogenated alkanes) is 1. The summed E-state index contributed by atoms with van der Waals surface area (Å²) in [5.74, 6) is 0.732. The Balaban J connectivity index is 2.84. The molecule has 6 heteroatoms. The first kappa shape index (κ1) is 19.8. The molecule has 0 aliphatic carbocycles. The van der Waals surface area contributed by atoms with Crippen molar-refractivity contribution in [3.63, 3.8) is 0 Å². The number of rotatable bonds is 6. The molecule has 0 spiro atoms. The molecule has 0 saturated heterocycles. The van der Waals surface area contributed by atoms with Gasteiger partial charge >= 0.3 is 6.09 Å². The summed E-state index contributed by atoms with van der Waals surface area (Å²) in [4.78, 5) is 25.9. The highest BCUT2D eigenvalue weighted by Gasteiger charge is 2.26. The maximum atomic E-state index is 13.1. The van der Waals surface area contributed by atoms with Gasteiger partial charge in [0.15, 0.2) is 11.6 Å². The van der Waals surface area contributed by atoms with E-state index in [4.69, 9.17) is 4.74 Å². The van der Waals surface area contributed by atoms with Crippen LogP contribution in [0.4, 0.5) is 10.6 Å². The fraction of sp³-hybridized carbons (Fsp3) is 0.500. The summed E-state index contributed by atoms with van der Waals surface area (Å²) in [7, 11) is 1.44. The van der Waals surface area contributed by atoms with Crippen molar-refractivity contribution in [3.8, 4) is 5.75 Å². The van der Waals surface area contributed by atoms with E-state index in [1.165, 1.54) is 11.6 Å². The lowest BCUT2D eigenvalue weighted by atomic mass is 9.96. The van der Waals surface area contributed by atoms with Gasteiger partial charge in [0.25, 0.3) is 5.56 Å². The summed E-state index contributed by atoms with van der Waals surface area (Å²) in [6.45, 7) is 8.94. The van der Waals surface area contributed by atoms with Crippen molar-refractivity contribution < 1.29 is 14.6 Å². The van der Waals surface area contributed by atoms with Crippen LogP contribution in [0.5, 0.6) is 5.75 Å². The van der Waals surface area contributed by atoms with Gasteiger partial charge in [0.1, 0.15) is 0 Å². The van der Waals surface area contributed by atoms with Gasteiger partial charge in [-0.2, -0.15) is 0 Å². The molecule has 0 aliphatic rings. The molecule has 142 valence electrons. The number of carbonyl (C=O) groups is 1. The molecule has 0 atom stereocenters. The number of hydrogen-bond donors (Lipinski definition) is 1. The van der Waals surface area contributed by atoms with Crippen LogP contribution in [0.1, 0.15) is 40.5 Å². The third-order valence-corrected chi connectivity index (χ3v) is 4.09. The van der Waals surface area contributed by atoms with Crippen molar-refractivity contribution in [2.24, 2.45) is 5.41 Å². The van der Waals surface area contributed by atoms with Gasteiger partial charge in [-0.25, -0.2) is 4.79 Å². The number of nitrogens with zero attached hydrogens (tertiary/aromatic N) is 2. The average Bonchev–Trinajstić information content (AvgIpc) is 2.57. The van der Waals surface area contributed by atoms with Crippen LogP contribution < -0.4 is 15.2 Å². The molecule has 26 heavy (non-hydrogen) atoms. The normalized spacial score (nSPS) is 11.6. The number of carboxylic acid groups (broad SMARTS) is 1. The summed E-state index contributed by atoms with van der Waals surface area (Å²) in [5, 5.41) is 10.7. The maximum Gasteiger partial charge on any atom is 0.412 e.